The molecule has 0 aromatic carbocycles. The molecule has 0 radical (unpaired) electrons. The molecule has 0 saturated heterocycles. The molecule has 92 valence electrons. The minimum atomic E-state index is -0.518. The van der Waals surface area contributed by atoms with Crippen LogP contribution < -0.4 is 0 Å². The molecule has 0 amide bonds. The van der Waals surface area contributed by atoms with Gasteiger partial charge >= 0.3 is 5.97 Å². The standard InChI is InChI=1S/C14H24O2/c15-13(16)14(11-8-12-6-7-12)9-4-2-1-3-5-10-14/h12H,1-11H2,(H,15,16). The van der Waals surface area contributed by atoms with Gasteiger partial charge in [-0.3, -0.25) is 4.79 Å². The summed E-state index contributed by atoms with van der Waals surface area (Å²) in [5, 5.41) is 9.54. The fourth-order valence-electron chi connectivity index (χ4n) is 3.04. The van der Waals surface area contributed by atoms with Crippen LogP contribution in [0.25, 0.3) is 0 Å². The molecule has 2 nitrogen and oxygen atoms in total. The molecular formula is C14H24O2. The van der Waals surface area contributed by atoms with Crippen molar-refractivity contribution >= 4 is 5.97 Å². The molecule has 0 atom stereocenters. The predicted octanol–water partition coefficient (Wildman–Crippen LogP) is 3.99. The van der Waals surface area contributed by atoms with E-state index in [4.69, 9.17) is 0 Å². The Balaban J connectivity index is 1.95. The van der Waals surface area contributed by atoms with E-state index in [0.717, 1.165) is 44.4 Å². The van der Waals surface area contributed by atoms with Crippen LogP contribution in [0, 0.1) is 11.3 Å². The van der Waals surface area contributed by atoms with E-state index in [-0.39, 0.29) is 5.41 Å². The molecule has 0 bridgehead atoms. The van der Waals surface area contributed by atoms with E-state index in [1.54, 1.807) is 0 Å². The quantitative estimate of drug-likeness (QED) is 0.784. The highest BCUT2D eigenvalue weighted by molar-refractivity contribution is 5.74. The molecule has 0 aliphatic heterocycles. The van der Waals surface area contributed by atoms with E-state index in [9.17, 15) is 9.90 Å². The van der Waals surface area contributed by atoms with Crippen LogP contribution in [0.5, 0.6) is 0 Å². The van der Waals surface area contributed by atoms with E-state index in [2.05, 4.69) is 0 Å². The number of carbonyl (C=O) groups is 1. The first-order valence-electron chi connectivity index (χ1n) is 6.96. The van der Waals surface area contributed by atoms with Gasteiger partial charge < -0.3 is 5.11 Å². The first kappa shape index (κ1) is 11.9. The van der Waals surface area contributed by atoms with Crippen LogP contribution in [-0.4, -0.2) is 11.1 Å². The second kappa shape index (κ2) is 5.20. The number of carboxylic acids is 1. The van der Waals surface area contributed by atoms with Crippen molar-refractivity contribution in [1.82, 2.24) is 0 Å². The number of carboxylic acid groups (broad SMARTS) is 1. The fourth-order valence-corrected chi connectivity index (χ4v) is 3.04. The van der Waals surface area contributed by atoms with Gasteiger partial charge in [0.25, 0.3) is 0 Å². The predicted molar refractivity (Wildman–Crippen MR) is 64.3 cm³/mol. The summed E-state index contributed by atoms with van der Waals surface area (Å²) in [5.41, 5.74) is -0.358. The van der Waals surface area contributed by atoms with Crippen LogP contribution in [-0.2, 0) is 4.79 Å². The van der Waals surface area contributed by atoms with Crippen molar-refractivity contribution in [3.63, 3.8) is 0 Å². The molecular weight excluding hydrogens is 200 g/mol. The van der Waals surface area contributed by atoms with Crippen molar-refractivity contribution in [3.8, 4) is 0 Å². The molecule has 0 unspecified atom stereocenters. The summed E-state index contributed by atoms with van der Waals surface area (Å²) in [6.45, 7) is 0. The summed E-state index contributed by atoms with van der Waals surface area (Å²) in [6, 6.07) is 0. The number of rotatable bonds is 4. The van der Waals surface area contributed by atoms with Crippen LogP contribution in [0.1, 0.15) is 70.6 Å². The van der Waals surface area contributed by atoms with Crippen molar-refractivity contribution in [1.29, 1.82) is 0 Å². The molecule has 2 aliphatic rings. The van der Waals surface area contributed by atoms with Crippen LogP contribution in [0.4, 0.5) is 0 Å². The molecule has 16 heavy (non-hydrogen) atoms. The maximum atomic E-state index is 11.6. The highest BCUT2D eigenvalue weighted by Gasteiger charge is 2.39. The minimum Gasteiger partial charge on any atom is -0.481 e. The number of hydrogen-bond donors (Lipinski definition) is 1. The maximum Gasteiger partial charge on any atom is 0.309 e. The summed E-state index contributed by atoms with van der Waals surface area (Å²) in [4.78, 5) is 11.6. The normalized spacial score (nSPS) is 25.8. The molecule has 0 aromatic heterocycles. The lowest BCUT2D eigenvalue weighted by Crippen LogP contribution is -2.32. The zero-order valence-corrected chi connectivity index (χ0v) is 10.2. The number of hydrogen-bond acceptors (Lipinski definition) is 1. The Morgan fingerprint density at radius 3 is 2.12 bits per heavy atom. The average molecular weight is 224 g/mol. The Bertz CT molecular complexity index is 235. The lowest BCUT2D eigenvalue weighted by Gasteiger charge is -2.31. The molecule has 0 heterocycles. The molecule has 0 aromatic rings. The van der Waals surface area contributed by atoms with Gasteiger partial charge in [-0.15, -0.1) is 0 Å². The zero-order valence-electron chi connectivity index (χ0n) is 10.2. The third-order valence-corrected chi connectivity index (χ3v) is 4.49. The minimum absolute atomic E-state index is 0.358. The fraction of sp³-hybridized carbons (Fsp3) is 0.929. The van der Waals surface area contributed by atoms with Crippen LogP contribution >= 0.6 is 0 Å². The topological polar surface area (TPSA) is 37.3 Å². The van der Waals surface area contributed by atoms with E-state index in [1.165, 1.54) is 32.1 Å². The first-order valence-corrected chi connectivity index (χ1v) is 6.96. The van der Waals surface area contributed by atoms with Gasteiger partial charge in [0, 0.05) is 0 Å². The second-order valence-corrected chi connectivity index (χ2v) is 5.84. The smallest absolute Gasteiger partial charge is 0.309 e. The Labute approximate surface area is 98.4 Å². The molecule has 1 N–H and O–H groups in total. The Hall–Kier alpha value is -0.530. The maximum absolute atomic E-state index is 11.6. The van der Waals surface area contributed by atoms with Gasteiger partial charge in [0.15, 0.2) is 0 Å². The second-order valence-electron chi connectivity index (χ2n) is 5.84. The summed E-state index contributed by atoms with van der Waals surface area (Å²) in [6.07, 6.45) is 12.7. The van der Waals surface area contributed by atoms with Gasteiger partial charge in [0.1, 0.15) is 0 Å². The van der Waals surface area contributed by atoms with E-state index in [0.29, 0.717) is 0 Å². The van der Waals surface area contributed by atoms with E-state index in [1.807, 2.05) is 0 Å². The summed E-state index contributed by atoms with van der Waals surface area (Å²) in [5.74, 6) is 0.344. The van der Waals surface area contributed by atoms with Crippen molar-refractivity contribution < 1.29 is 9.90 Å². The average Bonchev–Trinajstić information content (AvgIpc) is 3.00. The lowest BCUT2D eigenvalue weighted by molar-refractivity contribution is -0.151. The van der Waals surface area contributed by atoms with Gasteiger partial charge in [-0.25, -0.2) is 0 Å². The van der Waals surface area contributed by atoms with Gasteiger partial charge in [0.05, 0.1) is 5.41 Å². The lowest BCUT2D eigenvalue weighted by atomic mass is 9.73. The van der Waals surface area contributed by atoms with Gasteiger partial charge in [-0.1, -0.05) is 44.9 Å². The highest BCUT2D eigenvalue weighted by atomic mass is 16.4. The zero-order chi connectivity index (χ0) is 11.4. The largest absolute Gasteiger partial charge is 0.481 e. The van der Waals surface area contributed by atoms with Gasteiger partial charge in [0.2, 0.25) is 0 Å². The third kappa shape index (κ3) is 2.99. The van der Waals surface area contributed by atoms with Crippen molar-refractivity contribution in [2.24, 2.45) is 11.3 Å². The van der Waals surface area contributed by atoms with Crippen molar-refractivity contribution in [2.75, 3.05) is 0 Å². The van der Waals surface area contributed by atoms with Crippen LogP contribution in [0.3, 0.4) is 0 Å². The third-order valence-electron chi connectivity index (χ3n) is 4.49. The number of aliphatic carboxylic acids is 1. The van der Waals surface area contributed by atoms with Gasteiger partial charge in [-0.05, 0) is 31.6 Å². The molecule has 2 rings (SSSR count). The Kier molecular flexibility index (Phi) is 3.88. The molecule has 2 heteroatoms. The van der Waals surface area contributed by atoms with E-state index >= 15 is 0 Å². The molecule has 2 saturated carbocycles. The van der Waals surface area contributed by atoms with Crippen LogP contribution in [0.2, 0.25) is 0 Å². The summed E-state index contributed by atoms with van der Waals surface area (Å²) < 4.78 is 0. The summed E-state index contributed by atoms with van der Waals surface area (Å²) >= 11 is 0. The van der Waals surface area contributed by atoms with Gasteiger partial charge in [-0.2, -0.15) is 0 Å². The monoisotopic (exact) mass is 224 g/mol. The molecule has 0 spiro atoms. The van der Waals surface area contributed by atoms with E-state index < -0.39 is 5.97 Å². The summed E-state index contributed by atoms with van der Waals surface area (Å²) in [7, 11) is 0. The van der Waals surface area contributed by atoms with Crippen LogP contribution in [0.15, 0.2) is 0 Å². The SMILES string of the molecule is O=C(O)C1(CCC2CC2)CCCCCCC1. The molecule has 2 fully saturated rings. The Morgan fingerprint density at radius 1 is 1.06 bits per heavy atom. The van der Waals surface area contributed by atoms with Crippen molar-refractivity contribution in [3.05, 3.63) is 0 Å². The van der Waals surface area contributed by atoms with Crippen molar-refractivity contribution in [2.45, 2.75) is 70.6 Å². The highest BCUT2D eigenvalue weighted by Crippen LogP contribution is 2.43. The Morgan fingerprint density at radius 2 is 1.62 bits per heavy atom. The first-order chi connectivity index (χ1) is 7.73. The molecule has 2 aliphatic carbocycles.